The molecule has 0 saturated carbocycles. The van der Waals surface area contributed by atoms with Crippen molar-refractivity contribution in [3.8, 4) is 5.75 Å². The molecule has 0 bridgehead atoms. The molecule has 0 radical (unpaired) electrons. The second-order valence-corrected chi connectivity index (χ2v) is 11.4. The Hall–Kier alpha value is -2.49. The zero-order valence-electron chi connectivity index (χ0n) is 20.6. The lowest BCUT2D eigenvalue weighted by atomic mass is 9.95. The second kappa shape index (κ2) is 10.9. The Morgan fingerprint density at radius 1 is 1.17 bits per heavy atom. The third-order valence-electron chi connectivity index (χ3n) is 5.58. The van der Waals surface area contributed by atoms with E-state index in [0.29, 0.717) is 26.4 Å². The highest BCUT2D eigenvalue weighted by Crippen LogP contribution is 2.36. The molecule has 9 heteroatoms. The van der Waals surface area contributed by atoms with E-state index in [9.17, 15) is 9.59 Å². The fraction of sp³-hybridized carbons (Fsp3) is 0.296. The SMILES string of the molecule is CCOC(=O)C1=C(C)N=c2s/c(=C\c3cc(Br)c(OC(C)C)c(Br)c3)c(=O)n2[C@@H]1c1ccc(C)cc1. The third-order valence-corrected chi connectivity index (χ3v) is 7.74. The summed E-state index contributed by atoms with van der Waals surface area (Å²) in [5, 5.41) is 0. The molecule has 0 unspecified atom stereocenters. The number of ether oxygens (including phenoxy) is 2. The van der Waals surface area contributed by atoms with Gasteiger partial charge in [-0.2, -0.15) is 0 Å². The molecular weight excluding hydrogens is 608 g/mol. The molecule has 0 fully saturated rings. The van der Waals surface area contributed by atoms with E-state index in [1.807, 2.05) is 63.2 Å². The van der Waals surface area contributed by atoms with Gasteiger partial charge in [-0.05, 0) is 95.8 Å². The van der Waals surface area contributed by atoms with Crippen LogP contribution in [0.15, 0.2) is 66.4 Å². The molecule has 1 aromatic heterocycles. The van der Waals surface area contributed by atoms with Crippen LogP contribution in [0.2, 0.25) is 0 Å². The maximum Gasteiger partial charge on any atom is 0.338 e. The van der Waals surface area contributed by atoms with E-state index < -0.39 is 12.0 Å². The number of halogens is 2. The van der Waals surface area contributed by atoms with Crippen LogP contribution >= 0.6 is 43.2 Å². The quantitative estimate of drug-likeness (QED) is 0.340. The van der Waals surface area contributed by atoms with Crippen LogP contribution in [0.5, 0.6) is 5.75 Å². The van der Waals surface area contributed by atoms with Crippen molar-refractivity contribution < 1.29 is 14.3 Å². The lowest BCUT2D eigenvalue weighted by Crippen LogP contribution is -2.39. The molecule has 3 aromatic rings. The van der Waals surface area contributed by atoms with Crippen molar-refractivity contribution in [1.82, 2.24) is 4.57 Å². The maximum absolute atomic E-state index is 13.7. The van der Waals surface area contributed by atoms with Gasteiger partial charge in [-0.3, -0.25) is 9.36 Å². The number of fused-ring (bicyclic) bond motifs is 1. The zero-order chi connectivity index (χ0) is 26.1. The fourth-order valence-corrected chi connectivity index (χ4v) is 6.47. The molecule has 2 heterocycles. The molecule has 0 saturated heterocycles. The van der Waals surface area contributed by atoms with Crippen molar-refractivity contribution in [2.45, 2.75) is 46.8 Å². The molecule has 0 amide bonds. The van der Waals surface area contributed by atoms with Crippen LogP contribution in [0, 0.1) is 6.92 Å². The number of benzene rings is 2. The van der Waals surface area contributed by atoms with E-state index in [1.165, 1.54) is 11.3 Å². The molecule has 188 valence electrons. The summed E-state index contributed by atoms with van der Waals surface area (Å²) in [6.07, 6.45) is 1.85. The average Bonchev–Trinajstić information content (AvgIpc) is 3.10. The van der Waals surface area contributed by atoms with Gasteiger partial charge in [-0.25, -0.2) is 9.79 Å². The largest absolute Gasteiger partial charge is 0.489 e. The van der Waals surface area contributed by atoms with E-state index in [-0.39, 0.29) is 18.3 Å². The molecule has 0 spiro atoms. The van der Waals surface area contributed by atoms with Crippen molar-refractivity contribution in [3.63, 3.8) is 0 Å². The number of aryl methyl sites for hydroxylation is 1. The number of carbonyl (C=O) groups excluding carboxylic acids is 1. The van der Waals surface area contributed by atoms with Gasteiger partial charge in [0.2, 0.25) is 0 Å². The fourth-order valence-electron chi connectivity index (χ4n) is 4.02. The van der Waals surface area contributed by atoms with Crippen molar-refractivity contribution >= 4 is 55.2 Å². The Balaban J connectivity index is 1.90. The number of rotatable bonds is 6. The van der Waals surface area contributed by atoms with E-state index in [1.54, 1.807) is 18.4 Å². The molecule has 1 aliphatic heterocycles. The zero-order valence-corrected chi connectivity index (χ0v) is 24.6. The first-order valence-corrected chi connectivity index (χ1v) is 13.9. The van der Waals surface area contributed by atoms with Crippen LogP contribution in [0.3, 0.4) is 0 Å². The smallest absolute Gasteiger partial charge is 0.338 e. The van der Waals surface area contributed by atoms with E-state index in [0.717, 1.165) is 25.6 Å². The maximum atomic E-state index is 13.7. The Bertz CT molecular complexity index is 1510. The normalized spacial score (nSPS) is 15.7. The van der Waals surface area contributed by atoms with Crippen LogP contribution in [0.1, 0.15) is 50.4 Å². The standard InChI is InChI=1S/C27H26Br2N2O4S/c1-6-34-26(33)22-16(5)30-27-31(23(22)18-9-7-15(4)8-10-18)25(32)21(36-27)13-17-11-19(28)24(20(29)12-17)35-14(2)3/h7-14,23H,6H2,1-5H3/b21-13-/t23-/m1/s1. The molecule has 2 aromatic carbocycles. The number of aromatic nitrogens is 1. The first kappa shape index (κ1) is 26.6. The summed E-state index contributed by atoms with van der Waals surface area (Å²) in [7, 11) is 0. The minimum atomic E-state index is -0.622. The summed E-state index contributed by atoms with van der Waals surface area (Å²) in [5.74, 6) is 0.241. The molecule has 6 nitrogen and oxygen atoms in total. The monoisotopic (exact) mass is 632 g/mol. The van der Waals surface area contributed by atoms with Crippen molar-refractivity contribution in [2.24, 2.45) is 4.99 Å². The van der Waals surface area contributed by atoms with Gasteiger partial charge < -0.3 is 9.47 Å². The van der Waals surface area contributed by atoms with Gasteiger partial charge in [0.25, 0.3) is 5.56 Å². The number of thiazole rings is 1. The highest BCUT2D eigenvalue weighted by atomic mass is 79.9. The second-order valence-electron chi connectivity index (χ2n) is 8.69. The molecule has 0 aliphatic carbocycles. The summed E-state index contributed by atoms with van der Waals surface area (Å²) < 4.78 is 14.9. The lowest BCUT2D eigenvalue weighted by molar-refractivity contribution is -0.139. The molecule has 1 aliphatic rings. The summed E-state index contributed by atoms with van der Waals surface area (Å²) in [6, 6.07) is 11.0. The van der Waals surface area contributed by atoms with E-state index in [2.05, 4.69) is 36.9 Å². The third kappa shape index (κ3) is 5.28. The van der Waals surface area contributed by atoms with Gasteiger partial charge in [0.1, 0.15) is 5.75 Å². The van der Waals surface area contributed by atoms with Gasteiger partial charge in [0.15, 0.2) is 4.80 Å². The summed E-state index contributed by atoms with van der Waals surface area (Å²) in [4.78, 5) is 31.9. The van der Waals surface area contributed by atoms with Gasteiger partial charge in [0.05, 0.1) is 43.5 Å². The molecule has 4 rings (SSSR count). The molecule has 1 atom stereocenters. The number of allylic oxidation sites excluding steroid dienone is 1. The lowest BCUT2D eigenvalue weighted by Gasteiger charge is -2.24. The number of nitrogens with zero attached hydrogens (tertiary/aromatic N) is 2. The van der Waals surface area contributed by atoms with Crippen LogP contribution in [-0.4, -0.2) is 23.2 Å². The number of carbonyl (C=O) groups is 1. The number of esters is 1. The van der Waals surface area contributed by atoms with Crippen LogP contribution in [-0.2, 0) is 9.53 Å². The Morgan fingerprint density at radius 2 is 1.81 bits per heavy atom. The molecular formula is C27H26Br2N2O4S. The first-order valence-electron chi connectivity index (χ1n) is 11.5. The topological polar surface area (TPSA) is 69.9 Å². The molecule has 36 heavy (non-hydrogen) atoms. The predicted octanol–water partition coefficient (Wildman–Crippen LogP) is 5.42. The van der Waals surface area contributed by atoms with Gasteiger partial charge in [-0.15, -0.1) is 0 Å². The Morgan fingerprint density at radius 3 is 2.39 bits per heavy atom. The highest BCUT2D eigenvalue weighted by Gasteiger charge is 2.33. The average molecular weight is 634 g/mol. The van der Waals surface area contributed by atoms with Crippen LogP contribution in [0.25, 0.3) is 6.08 Å². The summed E-state index contributed by atoms with van der Waals surface area (Å²) >= 11 is 8.45. The number of hydrogen-bond acceptors (Lipinski definition) is 6. The van der Waals surface area contributed by atoms with Gasteiger partial charge >= 0.3 is 5.97 Å². The van der Waals surface area contributed by atoms with Crippen molar-refractivity contribution in [2.75, 3.05) is 6.61 Å². The summed E-state index contributed by atoms with van der Waals surface area (Å²) in [6.45, 7) is 9.70. The Kier molecular flexibility index (Phi) is 8.02. The number of hydrogen-bond donors (Lipinski definition) is 0. The van der Waals surface area contributed by atoms with Crippen molar-refractivity contribution in [1.29, 1.82) is 0 Å². The Labute approximate surface area is 230 Å². The van der Waals surface area contributed by atoms with E-state index >= 15 is 0 Å². The van der Waals surface area contributed by atoms with Crippen LogP contribution < -0.4 is 19.6 Å². The first-order chi connectivity index (χ1) is 17.1. The minimum Gasteiger partial charge on any atom is -0.489 e. The van der Waals surface area contributed by atoms with Crippen molar-refractivity contribution in [3.05, 3.63) is 93.0 Å². The van der Waals surface area contributed by atoms with E-state index in [4.69, 9.17) is 9.47 Å². The highest BCUT2D eigenvalue weighted by molar-refractivity contribution is 9.11. The minimum absolute atomic E-state index is 0.0192. The summed E-state index contributed by atoms with van der Waals surface area (Å²) in [5.41, 5.74) is 3.45. The van der Waals surface area contributed by atoms with Gasteiger partial charge in [0, 0.05) is 0 Å². The predicted molar refractivity (Wildman–Crippen MR) is 149 cm³/mol. The molecule has 0 N–H and O–H groups in total. The van der Waals surface area contributed by atoms with Crippen LogP contribution in [0.4, 0.5) is 0 Å². The van der Waals surface area contributed by atoms with Gasteiger partial charge in [-0.1, -0.05) is 41.2 Å².